The highest BCUT2D eigenvalue weighted by molar-refractivity contribution is 6.30. The summed E-state index contributed by atoms with van der Waals surface area (Å²) >= 11 is 5.70. The molecule has 0 aliphatic carbocycles. The van der Waals surface area contributed by atoms with Crippen molar-refractivity contribution in [2.45, 2.75) is 0 Å². The number of benzene rings is 1. The molecule has 0 aromatic heterocycles. The number of likely N-dealkylation sites (N-methyl/N-ethyl adjacent to an activating group) is 1. The smallest absolute Gasteiger partial charge is 0.176 e. The van der Waals surface area contributed by atoms with E-state index >= 15 is 0 Å². The van der Waals surface area contributed by atoms with Crippen LogP contribution in [0.25, 0.3) is 0 Å². The van der Waals surface area contributed by atoms with E-state index in [9.17, 15) is 4.79 Å². The molecule has 2 nitrogen and oxygen atoms in total. The van der Waals surface area contributed by atoms with Gasteiger partial charge in [-0.1, -0.05) is 11.6 Å². The lowest BCUT2D eigenvalue weighted by Gasteiger charge is -2.07. The topological polar surface area (TPSA) is 20.3 Å². The third-order valence-corrected chi connectivity index (χ3v) is 1.88. The fraction of sp³-hybridized carbons (Fsp3) is 0.300. The van der Waals surface area contributed by atoms with E-state index in [0.717, 1.165) is 0 Å². The lowest BCUT2D eigenvalue weighted by atomic mass is 10.1. The van der Waals surface area contributed by atoms with Gasteiger partial charge in [0.15, 0.2) is 5.78 Å². The van der Waals surface area contributed by atoms with Crippen LogP contribution < -0.4 is 0 Å². The van der Waals surface area contributed by atoms with Crippen LogP contribution in [0.1, 0.15) is 10.4 Å². The first-order valence-corrected chi connectivity index (χ1v) is 4.41. The molecule has 1 aromatic carbocycles. The molecule has 4 heteroatoms. The molecule has 0 fully saturated rings. The third kappa shape index (κ3) is 4.09. The highest BCUT2D eigenvalue weighted by atomic mass is 35.5. The van der Waals surface area contributed by atoms with Crippen LogP contribution in [0.4, 0.5) is 0 Å². The van der Waals surface area contributed by atoms with E-state index in [4.69, 9.17) is 11.6 Å². The molecule has 0 bridgehead atoms. The number of carbonyl (C=O) groups excluding carboxylic acids is 1. The van der Waals surface area contributed by atoms with E-state index in [1.165, 1.54) is 0 Å². The second-order valence-electron chi connectivity index (χ2n) is 3.17. The van der Waals surface area contributed by atoms with Gasteiger partial charge in [0, 0.05) is 10.6 Å². The Balaban J connectivity index is 0.00000169. The predicted molar refractivity (Wildman–Crippen MR) is 61.6 cm³/mol. The van der Waals surface area contributed by atoms with Gasteiger partial charge in [-0.05, 0) is 38.4 Å². The molecule has 0 unspecified atom stereocenters. The summed E-state index contributed by atoms with van der Waals surface area (Å²) in [5.74, 6) is 0.113. The van der Waals surface area contributed by atoms with E-state index in [1.54, 1.807) is 24.3 Å². The molecule has 78 valence electrons. The first-order valence-electron chi connectivity index (χ1n) is 4.03. The number of ketones is 1. The maximum absolute atomic E-state index is 11.5. The second kappa shape index (κ2) is 6.02. The molecule has 0 aliphatic heterocycles. The van der Waals surface area contributed by atoms with Crippen LogP contribution in [0, 0.1) is 0 Å². The van der Waals surface area contributed by atoms with Gasteiger partial charge in [-0.2, -0.15) is 0 Å². The standard InChI is InChI=1S/C10H12ClNO.ClH/c1-12(2)7-10(13)8-3-5-9(11)6-4-8;/h3-6H,7H2,1-2H3;1H. The number of hydrogen-bond acceptors (Lipinski definition) is 2. The molecule has 0 N–H and O–H groups in total. The molecule has 1 aromatic rings. The van der Waals surface area contributed by atoms with Crippen molar-refractivity contribution in [1.29, 1.82) is 0 Å². The van der Waals surface area contributed by atoms with Gasteiger partial charge >= 0.3 is 0 Å². The lowest BCUT2D eigenvalue weighted by molar-refractivity contribution is 0.0958. The van der Waals surface area contributed by atoms with Crippen molar-refractivity contribution in [3.63, 3.8) is 0 Å². The zero-order valence-corrected chi connectivity index (χ0v) is 9.73. The quantitative estimate of drug-likeness (QED) is 0.749. The largest absolute Gasteiger partial charge is 0.302 e. The molecule has 0 radical (unpaired) electrons. The molecule has 0 heterocycles. The van der Waals surface area contributed by atoms with Gasteiger partial charge in [0.05, 0.1) is 6.54 Å². The predicted octanol–water partition coefficient (Wildman–Crippen LogP) is 2.51. The van der Waals surface area contributed by atoms with Gasteiger partial charge in [0.2, 0.25) is 0 Å². The van der Waals surface area contributed by atoms with Crippen LogP contribution >= 0.6 is 24.0 Å². The molecule has 14 heavy (non-hydrogen) atoms. The van der Waals surface area contributed by atoms with E-state index in [1.807, 2.05) is 19.0 Å². The third-order valence-electron chi connectivity index (χ3n) is 1.63. The second-order valence-corrected chi connectivity index (χ2v) is 3.60. The molecular formula is C10H13Cl2NO. The number of nitrogens with zero attached hydrogens (tertiary/aromatic N) is 1. The van der Waals surface area contributed by atoms with Gasteiger partial charge in [-0.3, -0.25) is 4.79 Å². The molecule has 0 atom stereocenters. The molecule has 0 saturated carbocycles. The van der Waals surface area contributed by atoms with Crippen LogP contribution in [-0.2, 0) is 0 Å². The number of Topliss-reactive ketones (excluding diaryl/α,β-unsaturated/α-hetero) is 1. The van der Waals surface area contributed by atoms with Crippen molar-refractivity contribution >= 4 is 29.8 Å². The summed E-state index contributed by atoms with van der Waals surface area (Å²) in [6, 6.07) is 6.94. The maximum Gasteiger partial charge on any atom is 0.176 e. The molecule has 0 spiro atoms. The Morgan fingerprint density at radius 3 is 2.21 bits per heavy atom. The molecular weight excluding hydrogens is 221 g/mol. The fourth-order valence-corrected chi connectivity index (χ4v) is 1.14. The van der Waals surface area contributed by atoms with Crippen LogP contribution in [0.5, 0.6) is 0 Å². The summed E-state index contributed by atoms with van der Waals surface area (Å²) < 4.78 is 0. The number of halogens is 2. The Morgan fingerprint density at radius 2 is 1.79 bits per heavy atom. The highest BCUT2D eigenvalue weighted by Gasteiger charge is 2.05. The number of hydrogen-bond donors (Lipinski definition) is 0. The summed E-state index contributed by atoms with van der Waals surface area (Å²) in [6.07, 6.45) is 0. The van der Waals surface area contributed by atoms with Crippen molar-refractivity contribution in [3.05, 3.63) is 34.9 Å². The average molecular weight is 234 g/mol. The maximum atomic E-state index is 11.5. The minimum Gasteiger partial charge on any atom is -0.302 e. The van der Waals surface area contributed by atoms with E-state index < -0.39 is 0 Å². The number of carbonyl (C=O) groups is 1. The van der Waals surface area contributed by atoms with Gasteiger partial charge in [-0.15, -0.1) is 12.4 Å². The molecule has 0 amide bonds. The number of rotatable bonds is 3. The first kappa shape index (κ1) is 13.4. The zero-order valence-electron chi connectivity index (χ0n) is 8.16. The fourth-order valence-electron chi connectivity index (χ4n) is 1.01. The van der Waals surface area contributed by atoms with Gasteiger partial charge in [0.1, 0.15) is 0 Å². The molecule has 0 aliphatic rings. The van der Waals surface area contributed by atoms with Crippen molar-refractivity contribution in [3.8, 4) is 0 Å². The molecule has 1 rings (SSSR count). The van der Waals surface area contributed by atoms with Crippen molar-refractivity contribution in [1.82, 2.24) is 4.90 Å². The van der Waals surface area contributed by atoms with Crippen molar-refractivity contribution in [2.24, 2.45) is 0 Å². The lowest BCUT2D eigenvalue weighted by Crippen LogP contribution is -2.21. The zero-order chi connectivity index (χ0) is 9.84. The van der Waals surface area contributed by atoms with E-state index in [0.29, 0.717) is 17.1 Å². The summed E-state index contributed by atoms with van der Waals surface area (Å²) in [5, 5.41) is 0.654. The van der Waals surface area contributed by atoms with Gasteiger partial charge in [-0.25, -0.2) is 0 Å². The van der Waals surface area contributed by atoms with Crippen LogP contribution in [-0.4, -0.2) is 31.3 Å². The Morgan fingerprint density at radius 1 is 1.29 bits per heavy atom. The SMILES string of the molecule is CN(C)CC(=O)c1ccc(Cl)cc1.Cl. The van der Waals surface area contributed by atoms with Crippen LogP contribution in [0.3, 0.4) is 0 Å². The normalized spacial score (nSPS) is 9.71. The van der Waals surface area contributed by atoms with Crippen molar-refractivity contribution < 1.29 is 4.79 Å². The summed E-state index contributed by atoms with van der Waals surface area (Å²) in [5.41, 5.74) is 0.707. The van der Waals surface area contributed by atoms with E-state index in [-0.39, 0.29) is 18.2 Å². The Hall–Kier alpha value is -0.570. The van der Waals surface area contributed by atoms with Gasteiger partial charge in [0.25, 0.3) is 0 Å². The summed E-state index contributed by atoms with van der Waals surface area (Å²) in [4.78, 5) is 13.3. The van der Waals surface area contributed by atoms with Crippen molar-refractivity contribution in [2.75, 3.05) is 20.6 Å². The van der Waals surface area contributed by atoms with E-state index in [2.05, 4.69) is 0 Å². The highest BCUT2D eigenvalue weighted by Crippen LogP contribution is 2.09. The minimum atomic E-state index is 0. The minimum absolute atomic E-state index is 0. The summed E-state index contributed by atoms with van der Waals surface area (Å²) in [7, 11) is 3.74. The van der Waals surface area contributed by atoms with Crippen LogP contribution in [0.2, 0.25) is 5.02 Å². The Labute approximate surface area is 95.3 Å². The average Bonchev–Trinajstić information content (AvgIpc) is 2.04. The Bertz CT molecular complexity index is 295. The van der Waals surface area contributed by atoms with Crippen LogP contribution in [0.15, 0.2) is 24.3 Å². The van der Waals surface area contributed by atoms with Gasteiger partial charge < -0.3 is 4.90 Å². The Kier molecular flexibility index (Phi) is 5.77. The first-order chi connectivity index (χ1) is 6.09. The molecule has 0 saturated heterocycles. The monoisotopic (exact) mass is 233 g/mol. The summed E-state index contributed by atoms with van der Waals surface area (Å²) in [6.45, 7) is 0.432.